The van der Waals surface area contributed by atoms with Crippen LogP contribution in [-0.4, -0.2) is 50.5 Å². The number of nitrogens with one attached hydrogen (secondary N) is 2. The minimum absolute atomic E-state index is 0.0596. The summed E-state index contributed by atoms with van der Waals surface area (Å²) in [6.45, 7) is 2.89. The molecule has 32 heavy (non-hydrogen) atoms. The van der Waals surface area contributed by atoms with E-state index >= 15 is 0 Å². The van der Waals surface area contributed by atoms with Gasteiger partial charge in [0, 0.05) is 45.2 Å². The molecule has 1 saturated heterocycles. The monoisotopic (exact) mass is 453 g/mol. The highest BCUT2D eigenvalue weighted by Crippen LogP contribution is 2.12. The third-order valence-corrected chi connectivity index (χ3v) is 6.09. The second-order valence-corrected chi connectivity index (χ2v) is 8.40. The number of amides is 2. The Labute approximate surface area is 190 Å². The lowest BCUT2D eigenvalue weighted by atomic mass is 10.2. The maximum atomic E-state index is 13.0. The first kappa shape index (κ1) is 22.0. The van der Waals surface area contributed by atoms with Crippen molar-refractivity contribution in [3.05, 3.63) is 63.3 Å². The molecule has 0 saturated carbocycles. The van der Waals surface area contributed by atoms with Crippen molar-refractivity contribution < 1.29 is 9.59 Å². The number of benzene rings is 1. The van der Waals surface area contributed by atoms with Gasteiger partial charge in [0.2, 0.25) is 11.8 Å². The van der Waals surface area contributed by atoms with Gasteiger partial charge in [-0.25, -0.2) is 0 Å². The molecular formula is C23H27N5O3S. The van der Waals surface area contributed by atoms with Crippen LogP contribution < -0.4 is 10.9 Å². The number of fused-ring (bicyclic) bond motifs is 1. The third-order valence-electron chi connectivity index (χ3n) is 5.77. The molecule has 2 amide bonds. The van der Waals surface area contributed by atoms with E-state index in [4.69, 9.17) is 12.2 Å². The van der Waals surface area contributed by atoms with Gasteiger partial charge in [-0.15, -0.1) is 0 Å². The number of hydrogen-bond acceptors (Lipinski definition) is 4. The second-order valence-electron chi connectivity index (χ2n) is 8.02. The standard InChI is InChI=1S/C23H27N5O3S/c29-19(24-11-5-13-26-12-4-8-20(26)30)10-15-27-14-9-18-21(27)25-23(32)28(22(18)31)16-17-6-2-1-3-7-17/h1-3,6-7,9,14H,4-5,8,10-13,15-16H2,(H,24,29)(H,25,32). The number of carbonyl (C=O) groups is 2. The van der Waals surface area contributed by atoms with Crippen molar-refractivity contribution in [2.45, 2.75) is 38.8 Å². The Morgan fingerprint density at radius 2 is 1.94 bits per heavy atom. The predicted molar refractivity (Wildman–Crippen MR) is 125 cm³/mol. The van der Waals surface area contributed by atoms with Gasteiger partial charge in [-0.05, 0) is 36.7 Å². The van der Waals surface area contributed by atoms with Crippen LogP contribution in [0.3, 0.4) is 0 Å². The molecule has 0 bridgehead atoms. The maximum Gasteiger partial charge on any atom is 0.264 e. The molecule has 0 aliphatic carbocycles. The first-order chi connectivity index (χ1) is 15.5. The van der Waals surface area contributed by atoms with Gasteiger partial charge in [0.15, 0.2) is 4.77 Å². The molecule has 0 radical (unpaired) electrons. The number of aromatic nitrogens is 3. The Morgan fingerprint density at radius 3 is 2.69 bits per heavy atom. The van der Waals surface area contributed by atoms with Gasteiger partial charge in [0.1, 0.15) is 5.65 Å². The van der Waals surface area contributed by atoms with Gasteiger partial charge in [0.25, 0.3) is 5.56 Å². The lowest BCUT2D eigenvalue weighted by Crippen LogP contribution is -2.31. The van der Waals surface area contributed by atoms with Crippen LogP contribution in [0.2, 0.25) is 0 Å². The average molecular weight is 454 g/mol. The predicted octanol–water partition coefficient (Wildman–Crippen LogP) is 2.43. The van der Waals surface area contributed by atoms with Gasteiger partial charge < -0.3 is 19.8 Å². The highest BCUT2D eigenvalue weighted by atomic mass is 32.1. The smallest absolute Gasteiger partial charge is 0.264 e. The molecule has 1 aliphatic heterocycles. The van der Waals surface area contributed by atoms with Gasteiger partial charge in [-0.3, -0.25) is 19.0 Å². The molecule has 2 aromatic heterocycles. The van der Waals surface area contributed by atoms with Crippen molar-refractivity contribution in [2.75, 3.05) is 19.6 Å². The second kappa shape index (κ2) is 9.95. The summed E-state index contributed by atoms with van der Waals surface area (Å²) in [5.41, 5.74) is 1.48. The molecule has 1 aromatic carbocycles. The number of carbonyl (C=O) groups excluding carboxylic acids is 2. The molecule has 168 valence electrons. The van der Waals surface area contributed by atoms with Crippen LogP contribution in [0.4, 0.5) is 0 Å². The van der Waals surface area contributed by atoms with Crippen molar-refractivity contribution in [1.82, 2.24) is 24.3 Å². The summed E-state index contributed by atoms with van der Waals surface area (Å²) < 4.78 is 3.75. The zero-order valence-electron chi connectivity index (χ0n) is 17.9. The Hall–Kier alpha value is -3.20. The molecular weight excluding hydrogens is 426 g/mol. The number of likely N-dealkylation sites (tertiary alicyclic amines) is 1. The van der Waals surface area contributed by atoms with E-state index in [0.29, 0.717) is 54.8 Å². The average Bonchev–Trinajstić information content (AvgIpc) is 3.39. The molecule has 4 rings (SSSR count). The van der Waals surface area contributed by atoms with Gasteiger partial charge in [0.05, 0.1) is 11.9 Å². The van der Waals surface area contributed by atoms with Gasteiger partial charge >= 0.3 is 0 Å². The fourth-order valence-corrected chi connectivity index (χ4v) is 4.28. The lowest BCUT2D eigenvalue weighted by Gasteiger charge is -2.15. The van der Waals surface area contributed by atoms with Gasteiger partial charge in [-0.1, -0.05) is 30.3 Å². The number of hydrogen-bond donors (Lipinski definition) is 2. The van der Waals surface area contributed by atoms with Crippen molar-refractivity contribution >= 4 is 35.1 Å². The maximum absolute atomic E-state index is 13.0. The van der Waals surface area contributed by atoms with E-state index in [2.05, 4.69) is 10.3 Å². The zero-order valence-corrected chi connectivity index (χ0v) is 18.7. The Morgan fingerprint density at radius 1 is 1.12 bits per heavy atom. The summed E-state index contributed by atoms with van der Waals surface area (Å²) in [6, 6.07) is 11.5. The van der Waals surface area contributed by atoms with E-state index in [1.807, 2.05) is 39.8 Å². The van der Waals surface area contributed by atoms with Crippen molar-refractivity contribution in [3.63, 3.8) is 0 Å². The molecule has 2 N–H and O–H groups in total. The molecule has 3 aromatic rings. The van der Waals surface area contributed by atoms with E-state index < -0.39 is 0 Å². The van der Waals surface area contributed by atoms with E-state index in [0.717, 1.165) is 24.9 Å². The van der Waals surface area contributed by atoms with Crippen LogP contribution in [0.25, 0.3) is 11.0 Å². The minimum Gasteiger partial charge on any atom is -0.356 e. The molecule has 1 fully saturated rings. The summed E-state index contributed by atoms with van der Waals surface area (Å²) >= 11 is 5.44. The van der Waals surface area contributed by atoms with Crippen LogP contribution in [-0.2, 0) is 22.7 Å². The number of nitrogens with zero attached hydrogens (tertiary/aromatic N) is 3. The number of aromatic amines is 1. The zero-order chi connectivity index (χ0) is 22.5. The first-order valence-corrected chi connectivity index (χ1v) is 11.3. The summed E-state index contributed by atoms with van der Waals surface area (Å²) in [5.74, 6) is 0.145. The Kier molecular flexibility index (Phi) is 6.84. The van der Waals surface area contributed by atoms with Crippen LogP contribution >= 0.6 is 12.2 Å². The molecule has 0 spiro atoms. The largest absolute Gasteiger partial charge is 0.356 e. The molecule has 3 heterocycles. The van der Waals surface area contributed by atoms with Crippen molar-refractivity contribution in [3.8, 4) is 0 Å². The fourth-order valence-electron chi connectivity index (χ4n) is 4.04. The van der Waals surface area contributed by atoms with Gasteiger partial charge in [-0.2, -0.15) is 0 Å². The Bertz CT molecular complexity index is 1230. The normalized spacial score (nSPS) is 13.8. The van der Waals surface area contributed by atoms with E-state index in [-0.39, 0.29) is 17.4 Å². The van der Waals surface area contributed by atoms with Crippen LogP contribution in [0.1, 0.15) is 31.2 Å². The molecule has 9 heteroatoms. The summed E-state index contributed by atoms with van der Waals surface area (Å²) in [6.07, 6.45) is 4.41. The number of aryl methyl sites for hydroxylation is 1. The highest BCUT2D eigenvalue weighted by Gasteiger charge is 2.19. The van der Waals surface area contributed by atoms with E-state index in [9.17, 15) is 14.4 Å². The van der Waals surface area contributed by atoms with Crippen LogP contribution in [0.15, 0.2) is 47.4 Å². The topological polar surface area (TPSA) is 92.1 Å². The quantitative estimate of drug-likeness (QED) is 0.385. The van der Waals surface area contributed by atoms with E-state index in [1.165, 1.54) is 0 Å². The fraction of sp³-hybridized carbons (Fsp3) is 0.391. The molecule has 8 nitrogen and oxygen atoms in total. The van der Waals surface area contributed by atoms with Crippen LogP contribution in [0.5, 0.6) is 0 Å². The number of rotatable bonds is 9. The molecule has 1 aliphatic rings. The first-order valence-electron chi connectivity index (χ1n) is 10.9. The SMILES string of the molecule is O=C(CCn1ccc2c(=O)n(Cc3ccccc3)c(=S)[nH]c21)NCCCN1CCCC1=O. The van der Waals surface area contributed by atoms with E-state index in [1.54, 1.807) is 16.8 Å². The Balaban J connectivity index is 1.34. The summed E-state index contributed by atoms with van der Waals surface area (Å²) in [4.78, 5) is 41.8. The highest BCUT2D eigenvalue weighted by molar-refractivity contribution is 7.71. The summed E-state index contributed by atoms with van der Waals surface area (Å²) in [5, 5.41) is 3.45. The summed E-state index contributed by atoms with van der Waals surface area (Å²) in [7, 11) is 0. The van der Waals surface area contributed by atoms with Crippen molar-refractivity contribution in [2.24, 2.45) is 0 Å². The van der Waals surface area contributed by atoms with Crippen LogP contribution in [0, 0.1) is 4.77 Å². The molecule has 0 atom stereocenters. The third kappa shape index (κ3) is 4.99. The lowest BCUT2D eigenvalue weighted by molar-refractivity contribution is -0.127. The minimum atomic E-state index is -0.146. The number of H-pyrrole nitrogens is 1. The van der Waals surface area contributed by atoms with Crippen molar-refractivity contribution in [1.29, 1.82) is 0 Å². The molecule has 0 unspecified atom stereocenters.